The third-order valence-electron chi connectivity index (χ3n) is 8.60. The fourth-order valence-electron chi connectivity index (χ4n) is 3.97. The molecule has 0 aliphatic heterocycles. The molecule has 3 atom stereocenters. The highest BCUT2D eigenvalue weighted by molar-refractivity contribution is 6.74. The van der Waals surface area contributed by atoms with Crippen molar-refractivity contribution in [3.05, 3.63) is 23.8 Å². The Hall–Kier alpha value is -0.736. The Kier molecular flexibility index (Phi) is 9.86. The van der Waals surface area contributed by atoms with Crippen LogP contribution in [-0.2, 0) is 13.6 Å². The van der Waals surface area contributed by atoms with Gasteiger partial charge >= 0.3 is 5.97 Å². The Bertz CT molecular complexity index is 769. The van der Waals surface area contributed by atoms with Crippen LogP contribution in [0.5, 0.6) is 0 Å². The van der Waals surface area contributed by atoms with Crippen molar-refractivity contribution in [2.75, 3.05) is 13.2 Å². The molecule has 0 spiro atoms. The maximum atomic E-state index is 12.0. The van der Waals surface area contributed by atoms with Crippen LogP contribution in [0.1, 0.15) is 68.2 Å². The molecule has 7 heteroatoms. The first-order chi connectivity index (χ1) is 15.1. The van der Waals surface area contributed by atoms with Crippen LogP contribution < -0.4 is 0 Å². The molecule has 0 aromatic rings. The minimum absolute atomic E-state index is 0.00724. The van der Waals surface area contributed by atoms with Gasteiger partial charge in [-0.05, 0) is 59.2 Å². The van der Waals surface area contributed by atoms with Crippen LogP contribution in [0.4, 0.5) is 0 Å². The molecule has 1 saturated carbocycles. The second-order valence-corrected chi connectivity index (χ2v) is 23.5. The monoisotopic (exact) mass is 512 g/mol. The molecule has 34 heavy (non-hydrogen) atoms. The molecule has 0 saturated heterocycles. The van der Waals surface area contributed by atoms with E-state index in [4.69, 9.17) is 8.85 Å². The zero-order valence-corrected chi connectivity index (χ0v) is 26.0. The van der Waals surface area contributed by atoms with Crippen LogP contribution in [0.15, 0.2) is 23.8 Å². The molecular weight excluding hydrogens is 460 g/mol. The fraction of sp³-hybridized carbons (Fsp3) is 0.815. The van der Waals surface area contributed by atoms with Crippen molar-refractivity contribution in [3.63, 3.8) is 0 Å². The first-order valence-electron chi connectivity index (χ1n) is 12.6. The van der Waals surface area contributed by atoms with Crippen LogP contribution in [0.2, 0.25) is 36.3 Å². The van der Waals surface area contributed by atoms with Gasteiger partial charge < -0.3 is 19.1 Å². The maximum Gasteiger partial charge on any atom is 0.304 e. The van der Waals surface area contributed by atoms with E-state index in [1.165, 1.54) is 0 Å². The van der Waals surface area contributed by atoms with E-state index in [1.807, 2.05) is 6.08 Å². The number of aliphatic hydroxyl groups excluding tert-OH is 1. The van der Waals surface area contributed by atoms with Crippen molar-refractivity contribution < 1.29 is 23.9 Å². The van der Waals surface area contributed by atoms with E-state index in [-0.39, 0.29) is 33.7 Å². The van der Waals surface area contributed by atoms with Gasteiger partial charge in [-0.25, -0.2) is 0 Å². The summed E-state index contributed by atoms with van der Waals surface area (Å²) in [5.41, 5.74) is 1.47. The summed E-state index contributed by atoms with van der Waals surface area (Å²) in [6, 6.07) is 0. The van der Waals surface area contributed by atoms with Crippen LogP contribution in [0.25, 0.3) is 0 Å². The number of carbonyl (C=O) groups is 1. The minimum Gasteiger partial charge on any atom is -0.481 e. The number of aliphatic hydroxyl groups is 1. The van der Waals surface area contributed by atoms with Gasteiger partial charge in [0.15, 0.2) is 16.6 Å². The molecule has 1 aliphatic carbocycles. The predicted molar refractivity (Wildman–Crippen MR) is 147 cm³/mol. The van der Waals surface area contributed by atoms with Crippen molar-refractivity contribution >= 4 is 22.6 Å². The molecule has 2 N–H and O–H groups in total. The van der Waals surface area contributed by atoms with Crippen LogP contribution in [-0.4, -0.2) is 52.1 Å². The van der Waals surface area contributed by atoms with Crippen LogP contribution in [0.3, 0.4) is 0 Å². The summed E-state index contributed by atoms with van der Waals surface area (Å²) in [5, 5.41) is 21.3. The van der Waals surface area contributed by atoms with E-state index >= 15 is 0 Å². The molecule has 0 aromatic heterocycles. The molecule has 1 aliphatic rings. The lowest BCUT2D eigenvalue weighted by Crippen LogP contribution is -2.44. The van der Waals surface area contributed by atoms with Gasteiger partial charge in [0.25, 0.3) is 0 Å². The van der Waals surface area contributed by atoms with E-state index in [0.29, 0.717) is 13.2 Å². The summed E-state index contributed by atoms with van der Waals surface area (Å²) in [6.07, 6.45) is 1.95. The van der Waals surface area contributed by atoms with Crippen molar-refractivity contribution in [3.8, 4) is 0 Å². The molecule has 0 unspecified atom stereocenters. The third kappa shape index (κ3) is 7.39. The zero-order valence-electron chi connectivity index (χ0n) is 24.0. The molecule has 0 heterocycles. The minimum atomic E-state index is -2.11. The largest absolute Gasteiger partial charge is 0.481 e. The number of rotatable bonds is 10. The van der Waals surface area contributed by atoms with E-state index in [2.05, 4.69) is 88.2 Å². The lowest BCUT2D eigenvalue weighted by atomic mass is 9.85. The average Bonchev–Trinajstić information content (AvgIpc) is 2.87. The van der Waals surface area contributed by atoms with Crippen molar-refractivity contribution in [2.24, 2.45) is 17.3 Å². The molecule has 1 rings (SSSR count). The Morgan fingerprint density at radius 3 is 1.97 bits per heavy atom. The smallest absolute Gasteiger partial charge is 0.304 e. The Labute approximate surface area is 211 Å². The normalized spacial score (nSPS) is 24.1. The second-order valence-electron chi connectivity index (χ2n) is 13.8. The van der Waals surface area contributed by atoms with E-state index in [9.17, 15) is 15.0 Å². The molecular formula is C27H52O5Si2. The van der Waals surface area contributed by atoms with Gasteiger partial charge in [0.1, 0.15) is 0 Å². The number of carboxylic acid groups (broad SMARTS) is 1. The molecule has 0 amide bonds. The van der Waals surface area contributed by atoms with Gasteiger partial charge in [-0.3, -0.25) is 4.79 Å². The van der Waals surface area contributed by atoms with Gasteiger partial charge in [0.05, 0.1) is 19.1 Å². The molecule has 0 aromatic carbocycles. The molecule has 0 radical (unpaired) electrons. The standard InChI is InChI=1S/C27H52O5Si2/c1-14-19-16-27(8,9)24(30)23(19)21(18-32-34(12,13)26(5,6)7)20(15-22(28)29)17-31-33(10,11)25(2,3)4/h14,19-20,24,30H,1,15-18H2,2-13H3,(H,28,29)/b23-21+/t19-,20-,24-/m1/s1. The van der Waals surface area contributed by atoms with Crippen molar-refractivity contribution in [2.45, 2.75) is 111 Å². The highest BCUT2D eigenvalue weighted by Crippen LogP contribution is 2.49. The quantitative estimate of drug-likeness (QED) is 0.243. The van der Waals surface area contributed by atoms with Gasteiger partial charge in [-0.1, -0.05) is 61.5 Å². The summed E-state index contributed by atoms with van der Waals surface area (Å²) in [6.45, 7) is 30.7. The average molecular weight is 513 g/mol. The first-order valence-corrected chi connectivity index (χ1v) is 18.4. The Morgan fingerprint density at radius 1 is 1.09 bits per heavy atom. The molecule has 0 bridgehead atoms. The summed E-state index contributed by atoms with van der Waals surface area (Å²) < 4.78 is 13.2. The highest BCUT2D eigenvalue weighted by atomic mass is 28.4. The van der Waals surface area contributed by atoms with Gasteiger partial charge in [0.2, 0.25) is 0 Å². The molecule has 5 nitrogen and oxygen atoms in total. The summed E-state index contributed by atoms with van der Waals surface area (Å²) in [7, 11) is -4.20. The van der Waals surface area contributed by atoms with Gasteiger partial charge in [0, 0.05) is 18.4 Å². The lowest BCUT2D eigenvalue weighted by Gasteiger charge is -2.39. The number of aliphatic carboxylic acids is 1. The predicted octanol–water partition coefficient (Wildman–Crippen LogP) is 7.01. The summed E-state index contributed by atoms with van der Waals surface area (Å²) in [4.78, 5) is 12.0. The van der Waals surface area contributed by atoms with Crippen molar-refractivity contribution in [1.82, 2.24) is 0 Å². The maximum absolute atomic E-state index is 12.0. The second kappa shape index (κ2) is 10.7. The number of hydrogen-bond donors (Lipinski definition) is 2. The third-order valence-corrected chi connectivity index (χ3v) is 17.6. The Balaban J connectivity index is 3.58. The van der Waals surface area contributed by atoms with E-state index < -0.39 is 28.7 Å². The Morgan fingerprint density at radius 2 is 1.56 bits per heavy atom. The number of allylic oxidation sites excluding steroid dienone is 1. The van der Waals surface area contributed by atoms with Crippen LogP contribution >= 0.6 is 0 Å². The SMILES string of the molecule is C=C[C@@H]1CC(C)(C)[C@H](O)/C1=C(\CO[Si](C)(C)C(C)(C)C)[C@@H](CO[Si](C)(C)C(C)(C)C)CC(=O)O. The molecule has 1 fully saturated rings. The number of hydrogen-bond acceptors (Lipinski definition) is 4. The topological polar surface area (TPSA) is 76.0 Å². The summed E-state index contributed by atoms with van der Waals surface area (Å²) >= 11 is 0. The molecule has 198 valence electrons. The summed E-state index contributed by atoms with van der Waals surface area (Å²) in [5.74, 6) is -1.24. The van der Waals surface area contributed by atoms with E-state index in [1.54, 1.807) is 0 Å². The van der Waals surface area contributed by atoms with Crippen molar-refractivity contribution in [1.29, 1.82) is 0 Å². The van der Waals surface area contributed by atoms with Crippen LogP contribution in [0, 0.1) is 17.3 Å². The lowest BCUT2D eigenvalue weighted by molar-refractivity contribution is -0.138. The fourth-order valence-corrected chi connectivity index (χ4v) is 5.97. The number of carboxylic acids is 1. The van der Waals surface area contributed by atoms with Gasteiger partial charge in [-0.2, -0.15) is 0 Å². The van der Waals surface area contributed by atoms with Gasteiger partial charge in [-0.15, -0.1) is 6.58 Å². The van der Waals surface area contributed by atoms with E-state index in [0.717, 1.165) is 17.6 Å². The zero-order chi connectivity index (χ0) is 26.9. The first kappa shape index (κ1) is 31.3. The highest BCUT2D eigenvalue weighted by Gasteiger charge is 2.46.